The number of benzene rings is 2. The molecule has 2 N–H and O–H groups in total. The van der Waals surface area contributed by atoms with Crippen LogP contribution < -0.4 is 15.5 Å². The van der Waals surface area contributed by atoms with Gasteiger partial charge in [-0.3, -0.25) is 14.1 Å². The standard InChI is InChI=1S/C28H30N6O/c1-19(2)32-13-15-33(16-14-32)23-6-4-22(5-7-23)31-25-9-10-26(34-12-11-29-27(25)34)20-3-8-24-21(17-20)18-30-28(24)35/h3-12,17,19,31H,13-16,18H2,1-2H3,(H,30,35). The highest BCUT2D eigenvalue weighted by molar-refractivity contribution is 5.99. The van der Waals surface area contributed by atoms with E-state index in [1.165, 1.54) is 5.69 Å². The Labute approximate surface area is 205 Å². The number of aromatic nitrogens is 2. The molecule has 1 fully saturated rings. The topological polar surface area (TPSA) is 64.9 Å². The number of hydrogen-bond acceptors (Lipinski definition) is 5. The van der Waals surface area contributed by atoms with E-state index in [9.17, 15) is 4.79 Å². The molecule has 0 radical (unpaired) electrons. The normalized spacial score (nSPS) is 16.1. The van der Waals surface area contributed by atoms with E-state index in [1.807, 2.05) is 24.5 Å². The minimum atomic E-state index is 0.00251. The largest absolute Gasteiger partial charge is 0.369 e. The van der Waals surface area contributed by atoms with E-state index in [-0.39, 0.29) is 5.91 Å². The molecule has 0 aliphatic carbocycles. The van der Waals surface area contributed by atoms with E-state index in [0.29, 0.717) is 12.6 Å². The summed E-state index contributed by atoms with van der Waals surface area (Å²) in [6.07, 6.45) is 3.80. The lowest BCUT2D eigenvalue weighted by molar-refractivity contribution is 0.0965. The van der Waals surface area contributed by atoms with E-state index in [1.54, 1.807) is 0 Å². The Morgan fingerprint density at radius 3 is 2.54 bits per heavy atom. The van der Waals surface area contributed by atoms with E-state index in [4.69, 9.17) is 0 Å². The number of nitrogens with zero attached hydrogens (tertiary/aromatic N) is 4. The maximum atomic E-state index is 11.9. The summed E-state index contributed by atoms with van der Waals surface area (Å²) in [6, 6.07) is 19.5. The number of piperazine rings is 1. The van der Waals surface area contributed by atoms with Gasteiger partial charge in [0.2, 0.25) is 0 Å². The third-order valence-electron chi connectivity index (χ3n) is 7.19. The van der Waals surface area contributed by atoms with Crippen molar-refractivity contribution in [1.29, 1.82) is 0 Å². The van der Waals surface area contributed by atoms with Crippen molar-refractivity contribution in [2.24, 2.45) is 0 Å². The lowest BCUT2D eigenvalue weighted by Gasteiger charge is -2.38. The van der Waals surface area contributed by atoms with Crippen molar-refractivity contribution in [1.82, 2.24) is 19.6 Å². The summed E-state index contributed by atoms with van der Waals surface area (Å²) in [4.78, 5) is 21.5. The van der Waals surface area contributed by atoms with Crippen LogP contribution in [0.15, 0.2) is 67.0 Å². The summed E-state index contributed by atoms with van der Waals surface area (Å²) in [6.45, 7) is 9.47. The average molecular weight is 467 g/mol. The van der Waals surface area contributed by atoms with Gasteiger partial charge in [-0.1, -0.05) is 6.07 Å². The van der Waals surface area contributed by atoms with Gasteiger partial charge in [0.05, 0.1) is 11.4 Å². The number of amides is 1. The summed E-state index contributed by atoms with van der Waals surface area (Å²) in [5.41, 5.74) is 8.03. The molecule has 0 spiro atoms. The quantitative estimate of drug-likeness (QED) is 0.453. The van der Waals surface area contributed by atoms with Crippen LogP contribution in [-0.4, -0.2) is 52.4 Å². The molecule has 7 nitrogen and oxygen atoms in total. The Morgan fingerprint density at radius 2 is 1.77 bits per heavy atom. The first kappa shape index (κ1) is 21.7. The van der Waals surface area contributed by atoms with Gasteiger partial charge in [-0.2, -0.15) is 0 Å². The molecular formula is C28H30N6O. The van der Waals surface area contributed by atoms with Gasteiger partial charge in [0.15, 0.2) is 5.65 Å². The third kappa shape index (κ3) is 4.02. The Morgan fingerprint density at radius 1 is 0.971 bits per heavy atom. The van der Waals surface area contributed by atoms with Crippen molar-refractivity contribution in [2.75, 3.05) is 36.4 Å². The maximum absolute atomic E-state index is 11.9. The lowest BCUT2D eigenvalue weighted by atomic mass is 10.0. The molecule has 1 amide bonds. The second-order valence-electron chi connectivity index (χ2n) is 9.60. The van der Waals surface area contributed by atoms with Crippen LogP contribution in [-0.2, 0) is 6.54 Å². The smallest absolute Gasteiger partial charge is 0.251 e. The van der Waals surface area contributed by atoms with Gasteiger partial charge in [-0.15, -0.1) is 0 Å². The number of hydrogen-bond donors (Lipinski definition) is 2. The van der Waals surface area contributed by atoms with Crippen molar-refractivity contribution < 1.29 is 4.79 Å². The van der Waals surface area contributed by atoms with Crippen molar-refractivity contribution in [3.63, 3.8) is 0 Å². The predicted octanol–water partition coefficient (Wildman–Crippen LogP) is 4.52. The zero-order chi connectivity index (χ0) is 23.9. The summed E-state index contributed by atoms with van der Waals surface area (Å²) in [7, 11) is 0. The molecule has 7 heteroatoms. The Kier molecular flexibility index (Phi) is 5.41. The third-order valence-corrected chi connectivity index (χ3v) is 7.19. The number of imidazole rings is 1. The first-order chi connectivity index (χ1) is 17.1. The minimum Gasteiger partial charge on any atom is -0.369 e. The van der Waals surface area contributed by atoms with Crippen molar-refractivity contribution in [2.45, 2.75) is 26.4 Å². The van der Waals surface area contributed by atoms with Gasteiger partial charge in [0.25, 0.3) is 5.91 Å². The van der Waals surface area contributed by atoms with Gasteiger partial charge in [-0.25, -0.2) is 4.98 Å². The molecule has 35 heavy (non-hydrogen) atoms. The molecule has 0 unspecified atom stereocenters. The van der Waals surface area contributed by atoms with Crippen LogP contribution in [0.25, 0.3) is 16.9 Å². The van der Waals surface area contributed by atoms with E-state index in [2.05, 4.69) is 86.1 Å². The lowest BCUT2D eigenvalue weighted by Crippen LogP contribution is -2.48. The molecule has 2 aromatic carbocycles. The number of rotatable bonds is 5. The molecule has 178 valence electrons. The van der Waals surface area contributed by atoms with Crippen LogP contribution in [0.3, 0.4) is 0 Å². The number of fused-ring (bicyclic) bond motifs is 2. The van der Waals surface area contributed by atoms with E-state index < -0.39 is 0 Å². The summed E-state index contributed by atoms with van der Waals surface area (Å²) < 4.78 is 2.09. The molecular weight excluding hydrogens is 436 g/mol. The Balaban J connectivity index is 1.22. The first-order valence-electron chi connectivity index (χ1n) is 12.3. The fraction of sp³-hybridized carbons (Fsp3) is 0.286. The molecule has 2 aliphatic rings. The van der Waals surface area contributed by atoms with Gasteiger partial charge < -0.3 is 15.5 Å². The fourth-order valence-electron chi connectivity index (χ4n) is 5.15. The highest BCUT2D eigenvalue weighted by Crippen LogP contribution is 2.30. The van der Waals surface area contributed by atoms with Crippen molar-refractivity contribution in [3.8, 4) is 11.3 Å². The first-order valence-corrected chi connectivity index (χ1v) is 12.3. The van der Waals surface area contributed by atoms with Crippen LogP contribution in [0.5, 0.6) is 0 Å². The van der Waals surface area contributed by atoms with Crippen LogP contribution in [0.4, 0.5) is 17.1 Å². The highest BCUT2D eigenvalue weighted by Gasteiger charge is 2.20. The molecule has 2 aliphatic heterocycles. The summed E-state index contributed by atoms with van der Waals surface area (Å²) in [5.74, 6) is 0.00251. The van der Waals surface area contributed by atoms with Gasteiger partial charge in [-0.05, 0) is 73.5 Å². The molecule has 4 heterocycles. The molecule has 6 rings (SSSR count). The molecule has 0 bridgehead atoms. The minimum absolute atomic E-state index is 0.00251. The molecule has 2 aromatic heterocycles. The monoisotopic (exact) mass is 466 g/mol. The van der Waals surface area contributed by atoms with Crippen LogP contribution in [0.2, 0.25) is 0 Å². The second-order valence-corrected chi connectivity index (χ2v) is 9.60. The Bertz CT molecular complexity index is 1380. The Hall–Kier alpha value is -3.84. The maximum Gasteiger partial charge on any atom is 0.251 e. The zero-order valence-corrected chi connectivity index (χ0v) is 20.2. The van der Waals surface area contributed by atoms with Crippen LogP contribution in [0.1, 0.15) is 29.8 Å². The molecule has 1 saturated heterocycles. The number of carbonyl (C=O) groups is 1. The highest BCUT2D eigenvalue weighted by atomic mass is 16.1. The van der Waals surface area contributed by atoms with Gasteiger partial charge >= 0.3 is 0 Å². The number of carbonyl (C=O) groups excluding carboxylic acids is 1. The predicted molar refractivity (Wildman–Crippen MR) is 140 cm³/mol. The average Bonchev–Trinajstić information content (AvgIpc) is 3.52. The van der Waals surface area contributed by atoms with Crippen LogP contribution >= 0.6 is 0 Å². The number of pyridine rings is 1. The van der Waals surface area contributed by atoms with Crippen molar-refractivity contribution >= 4 is 28.6 Å². The van der Waals surface area contributed by atoms with Gasteiger partial charge in [0.1, 0.15) is 0 Å². The SMILES string of the molecule is CC(C)N1CCN(c2ccc(Nc3ccc(-c4ccc5c(c4)CNC5=O)n4ccnc34)cc2)CC1. The molecule has 4 aromatic rings. The molecule has 0 atom stereocenters. The zero-order valence-electron chi connectivity index (χ0n) is 20.2. The van der Waals surface area contributed by atoms with Gasteiger partial charge in [0, 0.05) is 68.1 Å². The fourth-order valence-corrected chi connectivity index (χ4v) is 5.15. The second kappa shape index (κ2) is 8.74. The number of nitrogens with one attached hydrogen (secondary N) is 2. The van der Waals surface area contributed by atoms with Crippen molar-refractivity contribution in [3.05, 3.63) is 78.1 Å². The summed E-state index contributed by atoms with van der Waals surface area (Å²) in [5, 5.41) is 6.44. The molecule has 0 saturated carbocycles. The van der Waals surface area contributed by atoms with E-state index >= 15 is 0 Å². The summed E-state index contributed by atoms with van der Waals surface area (Å²) >= 11 is 0. The van der Waals surface area contributed by atoms with Crippen LogP contribution in [0, 0.1) is 0 Å². The van der Waals surface area contributed by atoms with E-state index in [0.717, 1.165) is 65.6 Å². The number of anilines is 3.